The number of aliphatic carboxylic acids is 1. The lowest BCUT2D eigenvalue weighted by atomic mass is 10.0. The molecule has 0 spiro atoms. The summed E-state index contributed by atoms with van der Waals surface area (Å²) in [6.45, 7) is 0.703. The van der Waals surface area contributed by atoms with Crippen LogP contribution in [0.4, 0.5) is 0 Å². The Balaban J connectivity index is 2.18. The van der Waals surface area contributed by atoms with E-state index in [9.17, 15) is 29.1 Å². The molecule has 4 unspecified atom stereocenters. The van der Waals surface area contributed by atoms with E-state index in [0.29, 0.717) is 44.3 Å². The minimum absolute atomic E-state index is 0.0164. The number of aromatic nitrogens is 2. The average Bonchev–Trinajstić information content (AvgIpc) is 3.52. The predicted octanol–water partition coefficient (Wildman–Crippen LogP) is -2.28. The van der Waals surface area contributed by atoms with E-state index in [0.717, 1.165) is 0 Å². The maximum atomic E-state index is 13.3. The first-order chi connectivity index (χ1) is 17.1. The van der Waals surface area contributed by atoms with E-state index in [1.807, 2.05) is 0 Å². The lowest BCUT2D eigenvalue weighted by Crippen LogP contribution is -2.57. The number of carbonyl (C=O) groups excluding carboxylic acids is 4. The number of unbranched alkanes of at least 4 members (excludes halogenated alkanes) is 1. The van der Waals surface area contributed by atoms with Crippen LogP contribution in [0.15, 0.2) is 12.5 Å². The van der Waals surface area contributed by atoms with Gasteiger partial charge in [0.2, 0.25) is 23.6 Å². The topological polar surface area (TPSA) is 240 Å². The van der Waals surface area contributed by atoms with Gasteiger partial charge in [0.1, 0.15) is 18.1 Å². The Morgan fingerprint density at radius 1 is 1.14 bits per heavy atom. The zero-order chi connectivity index (χ0) is 26.7. The van der Waals surface area contributed by atoms with E-state index < -0.39 is 53.8 Å². The van der Waals surface area contributed by atoms with Crippen LogP contribution in [0, 0.1) is 0 Å². The number of carbonyl (C=O) groups is 5. The van der Waals surface area contributed by atoms with Crippen LogP contribution in [-0.4, -0.2) is 86.8 Å². The molecule has 0 saturated carbocycles. The van der Waals surface area contributed by atoms with Crippen molar-refractivity contribution in [1.82, 2.24) is 25.5 Å². The Morgan fingerprint density at radius 2 is 1.86 bits per heavy atom. The minimum atomic E-state index is -1.18. The van der Waals surface area contributed by atoms with Crippen LogP contribution >= 0.6 is 0 Å². The van der Waals surface area contributed by atoms with Crippen molar-refractivity contribution >= 4 is 29.6 Å². The fourth-order valence-electron chi connectivity index (χ4n) is 4.05. The fourth-order valence-corrected chi connectivity index (χ4v) is 4.05. The van der Waals surface area contributed by atoms with Gasteiger partial charge in [0, 0.05) is 31.3 Å². The van der Waals surface area contributed by atoms with Gasteiger partial charge >= 0.3 is 5.97 Å². The molecule has 1 aromatic heterocycles. The molecule has 1 saturated heterocycles. The Hall–Kier alpha value is -3.52. The lowest BCUT2D eigenvalue weighted by molar-refractivity contribution is -0.149. The van der Waals surface area contributed by atoms with Crippen molar-refractivity contribution in [2.45, 2.75) is 75.5 Å². The maximum absolute atomic E-state index is 13.3. The molecular formula is C22H36N8O6. The number of H-pyrrole nitrogens is 1. The van der Waals surface area contributed by atoms with E-state index in [2.05, 4.69) is 20.6 Å². The molecule has 14 nitrogen and oxygen atoms in total. The van der Waals surface area contributed by atoms with Crippen LogP contribution in [0.5, 0.6) is 0 Å². The van der Waals surface area contributed by atoms with Crippen molar-refractivity contribution in [3.05, 3.63) is 18.2 Å². The second kappa shape index (κ2) is 14.1. The van der Waals surface area contributed by atoms with Gasteiger partial charge in [-0.3, -0.25) is 19.2 Å². The number of carboxylic acids is 1. The number of hydrogen-bond acceptors (Lipinski definition) is 8. The molecule has 2 rings (SSSR count). The number of likely N-dealkylation sites (tertiary alicyclic amines) is 1. The number of carboxylic acid groups (broad SMARTS) is 1. The zero-order valence-corrected chi connectivity index (χ0v) is 20.2. The number of primary amides is 1. The average molecular weight is 509 g/mol. The Bertz CT molecular complexity index is 908. The van der Waals surface area contributed by atoms with Crippen molar-refractivity contribution in [3.8, 4) is 0 Å². The third-order valence-corrected chi connectivity index (χ3v) is 6.03. The second-order valence-electron chi connectivity index (χ2n) is 8.83. The summed E-state index contributed by atoms with van der Waals surface area (Å²) >= 11 is 0. The van der Waals surface area contributed by atoms with Gasteiger partial charge < -0.3 is 42.8 Å². The number of hydrogen-bond donors (Lipinski definition) is 7. The van der Waals surface area contributed by atoms with E-state index in [4.69, 9.17) is 17.2 Å². The summed E-state index contributed by atoms with van der Waals surface area (Å²) in [5.41, 5.74) is 17.2. The van der Waals surface area contributed by atoms with Gasteiger partial charge in [-0.2, -0.15) is 0 Å². The van der Waals surface area contributed by atoms with Gasteiger partial charge in [-0.05, 0) is 38.6 Å². The monoisotopic (exact) mass is 508 g/mol. The van der Waals surface area contributed by atoms with Crippen molar-refractivity contribution < 1.29 is 29.1 Å². The Kier molecular flexibility index (Phi) is 11.3. The number of nitrogens with one attached hydrogen (secondary N) is 3. The van der Waals surface area contributed by atoms with Gasteiger partial charge in [-0.25, -0.2) is 9.78 Å². The molecule has 36 heavy (non-hydrogen) atoms. The molecule has 14 heteroatoms. The van der Waals surface area contributed by atoms with Gasteiger partial charge in [0.25, 0.3) is 0 Å². The highest BCUT2D eigenvalue weighted by atomic mass is 16.4. The summed E-state index contributed by atoms with van der Waals surface area (Å²) < 4.78 is 0. The summed E-state index contributed by atoms with van der Waals surface area (Å²) in [7, 11) is 0. The standard InChI is InChI=1S/C22H36N8O6/c23-8-2-1-4-14(24)19(32)28-15(6-7-18(25)31)20(33)29-16(10-13-11-26-12-27-13)21(34)30-9-3-5-17(30)22(35)36/h11-12,14-17H,1-10,23-24H2,(H2,25,31)(H,26,27)(H,28,32)(H,29,33)(H,35,36). The normalized spacial score (nSPS) is 17.7. The first-order valence-electron chi connectivity index (χ1n) is 12.0. The van der Waals surface area contributed by atoms with E-state index >= 15 is 0 Å². The van der Waals surface area contributed by atoms with Crippen molar-refractivity contribution in [3.63, 3.8) is 0 Å². The molecule has 0 aliphatic carbocycles. The van der Waals surface area contributed by atoms with Crippen LogP contribution in [0.3, 0.4) is 0 Å². The highest BCUT2D eigenvalue weighted by Gasteiger charge is 2.38. The summed E-state index contributed by atoms with van der Waals surface area (Å²) in [5, 5.41) is 14.6. The first kappa shape index (κ1) is 28.7. The molecule has 2 heterocycles. The fraction of sp³-hybridized carbons (Fsp3) is 0.636. The number of imidazole rings is 1. The van der Waals surface area contributed by atoms with Gasteiger partial charge in [0.05, 0.1) is 12.4 Å². The molecule has 4 atom stereocenters. The molecule has 10 N–H and O–H groups in total. The molecule has 0 aromatic carbocycles. The largest absolute Gasteiger partial charge is 0.480 e. The molecular weight excluding hydrogens is 472 g/mol. The summed E-state index contributed by atoms with van der Waals surface area (Å²) in [6.07, 6.45) is 5.14. The van der Waals surface area contributed by atoms with E-state index in [1.165, 1.54) is 17.4 Å². The van der Waals surface area contributed by atoms with Crippen LogP contribution in [0.1, 0.15) is 50.6 Å². The Labute approximate surface area is 208 Å². The SMILES string of the molecule is NCCCCC(N)C(=O)NC(CCC(N)=O)C(=O)NC(Cc1cnc[nH]1)C(=O)N1CCCC1C(=O)O. The molecule has 0 radical (unpaired) electrons. The molecule has 4 amide bonds. The highest BCUT2D eigenvalue weighted by Crippen LogP contribution is 2.19. The van der Waals surface area contributed by atoms with Crippen LogP contribution < -0.4 is 27.8 Å². The summed E-state index contributed by atoms with van der Waals surface area (Å²) in [5.74, 6) is -3.66. The molecule has 0 bridgehead atoms. The minimum Gasteiger partial charge on any atom is -0.480 e. The van der Waals surface area contributed by atoms with E-state index in [-0.39, 0.29) is 25.8 Å². The molecule has 200 valence electrons. The predicted molar refractivity (Wildman–Crippen MR) is 128 cm³/mol. The van der Waals surface area contributed by atoms with Gasteiger partial charge in [-0.1, -0.05) is 6.42 Å². The van der Waals surface area contributed by atoms with Crippen molar-refractivity contribution in [2.24, 2.45) is 17.2 Å². The maximum Gasteiger partial charge on any atom is 0.326 e. The van der Waals surface area contributed by atoms with Crippen LogP contribution in [-0.2, 0) is 30.4 Å². The van der Waals surface area contributed by atoms with Crippen molar-refractivity contribution in [1.29, 1.82) is 0 Å². The van der Waals surface area contributed by atoms with E-state index in [1.54, 1.807) is 0 Å². The molecule has 1 aliphatic rings. The third-order valence-electron chi connectivity index (χ3n) is 6.03. The number of rotatable bonds is 15. The number of nitrogens with two attached hydrogens (primary N) is 3. The quantitative estimate of drug-likeness (QED) is 0.126. The molecule has 1 aliphatic heterocycles. The number of aromatic amines is 1. The van der Waals surface area contributed by atoms with Gasteiger partial charge in [-0.15, -0.1) is 0 Å². The number of amides is 4. The third kappa shape index (κ3) is 8.61. The van der Waals surface area contributed by atoms with Gasteiger partial charge in [0.15, 0.2) is 0 Å². The zero-order valence-electron chi connectivity index (χ0n) is 20.2. The smallest absolute Gasteiger partial charge is 0.326 e. The summed E-state index contributed by atoms with van der Waals surface area (Å²) in [6, 6.07) is -4.19. The second-order valence-corrected chi connectivity index (χ2v) is 8.83. The lowest BCUT2D eigenvalue weighted by Gasteiger charge is -2.28. The molecule has 1 aromatic rings. The molecule has 1 fully saturated rings. The van der Waals surface area contributed by atoms with Crippen LogP contribution in [0.2, 0.25) is 0 Å². The highest BCUT2D eigenvalue weighted by molar-refractivity contribution is 5.94. The summed E-state index contributed by atoms with van der Waals surface area (Å²) in [4.78, 5) is 70.0. The number of nitrogens with zero attached hydrogens (tertiary/aromatic N) is 2. The van der Waals surface area contributed by atoms with Crippen LogP contribution in [0.25, 0.3) is 0 Å². The first-order valence-corrected chi connectivity index (χ1v) is 12.0. The van der Waals surface area contributed by atoms with Crippen molar-refractivity contribution in [2.75, 3.05) is 13.1 Å². The Morgan fingerprint density at radius 3 is 2.47 bits per heavy atom.